The molecule has 0 unspecified atom stereocenters. The topological polar surface area (TPSA) is 66.9 Å². The zero-order valence-corrected chi connectivity index (χ0v) is 15.5. The Morgan fingerprint density at radius 3 is 2.18 bits per heavy atom. The van der Waals surface area contributed by atoms with Gasteiger partial charge < -0.3 is 18.6 Å². The Balaban J connectivity index is 1.43. The molecule has 4 rings (SSSR count). The molecule has 2 amide bonds. The van der Waals surface area contributed by atoms with Crippen molar-refractivity contribution in [2.45, 2.75) is 25.4 Å². The second-order valence-electron chi connectivity index (χ2n) is 6.99. The first-order chi connectivity index (χ1) is 13.7. The molecule has 0 aliphatic carbocycles. The van der Waals surface area contributed by atoms with E-state index in [4.69, 9.17) is 8.83 Å². The lowest BCUT2D eigenvalue weighted by atomic mass is 9.99. The van der Waals surface area contributed by atoms with Crippen molar-refractivity contribution < 1.29 is 18.4 Å². The van der Waals surface area contributed by atoms with Crippen LogP contribution in [0.3, 0.4) is 0 Å². The number of benzene rings is 1. The first-order valence-electron chi connectivity index (χ1n) is 9.34. The summed E-state index contributed by atoms with van der Waals surface area (Å²) >= 11 is 0. The maximum absolute atomic E-state index is 13.0. The van der Waals surface area contributed by atoms with Gasteiger partial charge in [-0.1, -0.05) is 30.3 Å². The third-order valence-corrected chi connectivity index (χ3v) is 5.02. The summed E-state index contributed by atoms with van der Waals surface area (Å²) in [6.07, 6.45) is 3.60. The van der Waals surface area contributed by atoms with Crippen LogP contribution in [0.4, 0.5) is 0 Å². The molecule has 3 aromatic rings. The lowest BCUT2D eigenvalue weighted by Gasteiger charge is -2.24. The van der Waals surface area contributed by atoms with Gasteiger partial charge in [0.15, 0.2) is 0 Å². The summed E-state index contributed by atoms with van der Waals surface area (Å²) in [5.41, 5.74) is 1.13. The zero-order valence-electron chi connectivity index (χ0n) is 15.5. The van der Waals surface area contributed by atoms with Crippen LogP contribution < -0.4 is 0 Å². The first kappa shape index (κ1) is 18.1. The number of likely N-dealkylation sites (tertiary alicyclic amines) is 1. The van der Waals surface area contributed by atoms with E-state index in [0.717, 1.165) is 5.56 Å². The minimum Gasteiger partial charge on any atom is -0.467 e. The lowest BCUT2D eigenvalue weighted by Crippen LogP contribution is -2.40. The van der Waals surface area contributed by atoms with Crippen LogP contribution in [0.15, 0.2) is 76.0 Å². The highest BCUT2D eigenvalue weighted by Gasteiger charge is 2.32. The number of furan rings is 2. The smallest absolute Gasteiger partial charge is 0.243 e. The summed E-state index contributed by atoms with van der Waals surface area (Å²) in [6, 6.07) is 17.2. The van der Waals surface area contributed by atoms with Gasteiger partial charge in [0, 0.05) is 18.9 Å². The molecule has 1 saturated heterocycles. The highest BCUT2D eigenvalue weighted by molar-refractivity contribution is 5.86. The largest absolute Gasteiger partial charge is 0.467 e. The molecule has 0 spiro atoms. The molecule has 1 aromatic carbocycles. The Kier molecular flexibility index (Phi) is 5.28. The van der Waals surface area contributed by atoms with Crippen molar-refractivity contribution >= 4 is 11.8 Å². The Labute approximate surface area is 163 Å². The van der Waals surface area contributed by atoms with Gasteiger partial charge in [0.2, 0.25) is 11.8 Å². The average molecular weight is 378 g/mol. The predicted octanol–water partition coefficient (Wildman–Crippen LogP) is 3.42. The summed E-state index contributed by atoms with van der Waals surface area (Å²) < 4.78 is 10.8. The zero-order chi connectivity index (χ0) is 19.3. The second-order valence-corrected chi connectivity index (χ2v) is 6.99. The third-order valence-electron chi connectivity index (χ3n) is 5.02. The van der Waals surface area contributed by atoms with E-state index in [-0.39, 0.29) is 24.3 Å². The SMILES string of the molecule is O=C(CN1C[C@@H](c2ccccc2)CC1=O)N(Cc1ccco1)Cc1ccco1. The molecule has 0 N–H and O–H groups in total. The first-order valence-corrected chi connectivity index (χ1v) is 9.34. The van der Waals surface area contributed by atoms with Gasteiger partial charge in [0.05, 0.1) is 32.2 Å². The van der Waals surface area contributed by atoms with E-state index >= 15 is 0 Å². The highest BCUT2D eigenvalue weighted by atomic mass is 16.3. The normalized spacial score (nSPS) is 16.5. The molecule has 0 radical (unpaired) electrons. The maximum Gasteiger partial charge on any atom is 0.243 e. The van der Waals surface area contributed by atoms with E-state index in [1.807, 2.05) is 42.5 Å². The van der Waals surface area contributed by atoms with Gasteiger partial charge in [-0.3, -0.25) is 9.59 Å². The minimum atomic E-state index is -0.130. The monoisotopic (exact) mass is 378 g/mol. The van der Waals surface area contributed by atoms with Gasteiger partial charge in [-0.05, 0) is 29.8 Å². The molecular weight excluding hydrogens is 356 g/mol. The molecular formula is C22H22N2O4. The van der Waals surface area contributed by atoms with E-state index < -0.39 is 0 Å². The van der Waals surface area contributed by atoms with E-state index in [1.165, 1.54) is 0 Å². The molecule has 6 heteroatoms. The summed E-state index contributed by atoms with van der Waals surface area (Å²) in [4.78, 5) is 28.8. The summed E-state index contributed by atoms with van der Waals surface area (Å²) in [6.45, 7) is 1.28. The molecule has 28 heavy (non-hydrogen) atoms. The molecule has 144 valence electrons. The molecule has 0 bridgehead atoms. The van der Waals surface area contributed by atoms with Crippen molar-refractivity contribution in [3.8, 4) is 0 Å². The van der Waals surface area contributed by atoms with Gasteiger partial charge in [0.25, 0.3) is 0 Å². The van der Waals surface area contributed by atoms with E-state index in [1.54, 1.807) is 34.5 Å². The molecule has 6 nitrogen and oxygen atoms in total. The van der Waals surface area contributed by atoms with Gasteiger partial charge in [0.1, 0.15) is 11.5 Å². The second kappa shape index (κ2) is 8.17. The van der Waals surface area contributed by atoms with Gasteiger partial charge >= 0.3 is 0 Å². The van der Waals surface area contributed by atoms with Crippen LogP contribution in [-0.2, 0) is 22.7 Å². The fourth-order valence-corrected chi connectivity index (χ4v) is 3.55. The van der Waals surface area contributed by atoms with Crippen molar-refractivity contribution in [1.82, 2.24) is 9.80 Å². The van der Waals surface area contributed by atoms with Crippen molar-refractivity contribution in [2.75, 3.05) is 13.1 Å². The number of hydrogen-bond donors (Lipinski definition) is 0. The number of hydrogen-bond acceptors (Lipinski definition) is 4. The Morgan fingerprint density at radius 1 is 0.964 bits per heavy atom. The van der Waals surface area contributed by atoms with Crippen LogP contribution in [-0.4, -0.2) is 34.7 Å². The molecule has 3 heterocycles. The molecule has 1 aliphatic heterocycles. The van der Waals surface area contributed by atoms with Crippen LogP contribution in [0.2, 0.25) is 0 Å². The van der Waals surface area contributed by atoms with Crippen molar-refractivity contribution in [3.05, 3.63) is 84.2 Å². The van der Waals surface area contributed by atoms with Crippen LogP contribution >= 0.6 is 0 Å². The Morgan fingerprint density at radius 2 is 1.61 bits per heavy atom. The van der Waals surface area contributed by atoms with Crippen LogP contribution in [0, 0.1) is 0 Å². The van der Waals surface area contributed by atoms with Crippen LogP contribution in [0.25, 0.3) is 0 Å². The number of rotatable bonds is 7. The molecule has 1 fully saturated rings. The Bertz CT molecular complexity index is 867. The third kappa shape index (κ3) is 4.17. The van der Waals surface area contributed by atoms with Gasteiger partial charge in [-0.25, -0.2) is 0 Å². The van der Waals surface area contributed by atoms with Gasteiger partial charge in [-0.15, -0.1) is 0 Å². The Hall–Kier alpha value is -3.28. The summed E-state index contributed by atoms with van der Waals surface area (Å²) in [5.74, 6) is 1.39. The fourth-order valence-electron chi connectivity index (χ4n) is 3.55. The molecule has 1 aliphatic rings. The summed E-state index contributed by atoms with van der Waals surface area (Å²) in [5, 5.41) is 0. The van der Waals surface area contributed by atoms with Crippen molar-refractivity contribution in [3.63, 3.8) is 0 Å². The molecule has 0 saturated carbocycles. The van der Waals surface area contributed by atoms with Crippen molar-refractivity contribution in [2.24, 2.45) is 0 Å². The average Bonchev–Trinajstić information content (AvgIpc) is 3.46. The summed E-state index contributed by atoms with van der Waals surface area (Å²) in [7, 11) is 0. The minimum absolute atomic E-state index is 0.0122. The fraction of sp³-hybridized carbons (Fsp3) is 0.273. The number of amides is 2. The number of carbonyl (C=O) groups is 2. The molecule has 1 atom stereocenters. The van der Waals surface area contributed by atoms with E-state index in [9.17, 15) is 9.59 Å². The number of nitrogens with zero attached hydrogens (tertiary/aromatic N) is 2. The van der Waals surface area contributed by atoms with Gasteiger partial charge in [-0.2, -0.15) is 0 Å². The number of carbonyl (C=O) groups excluding carboxylic acids is 2. The van der Waals surface area contributed by atoms with Crippen LogP contribution in [0.5, 0.6) is 0 Å². The van der Waals surface area contributed by atoms with E-state index in [0.29, 0.717) is 37.6 Å². The highest BCUT2D eigenvalue weighted by Crippen LogP contribution is 2.28. The van der Waals surface area contributed by atoms with Crippen LogP contribution in [0.1, 0.15) is 29.4 Å². The quantitative estimate of drug-likeness (QED) is 0.632. The predicted molar refractivity (Wildman–Crippen MR) is 102 cm³/mol. The standard InChI is InChI=1S/C22H22N2O4/c25-21-12-18(17-6-2-1-3-7-17)13-23(21)16-22(26)24(14-19-8-4-10-27-19)15-20-9-5-11-28-20/h1-11,18H,12-16H2/t18-/m0/s1. The molecule has 2 aromatic heterocycles. The van der Waals surface area contributed by atoms with E-state index in [2.05, 4.69) is 0 Å². The maximum atomic E-state index is 13.0. The van der Waals surface area contributed by atoms with Crippen molar-refractivity contribution in [1.29, 1.82) is 0 Å². The lowest BCUT2D eigenvalue weighted by molar-refractivity contribution is -0.139.